The van der Waals surface area contributed by atoms with Gasteiger partial charge in [0.05, 0.1) is 0 Å². The van der Waals surface area contributed by atoms with Gasteiger partial charge in [-0.05, 0) is 43.7 Å². The van der Waals surface area contributed by atoms with Crippen LogP contribution in [0, 0.1) is 13.8 Å². The number of benzene rings is 2. The molecule has 0 atom stereocenters. The third-order valence-corrected chi connectivity index (χ3v) is 2.76. The number of aryl methyl sites for hydroxylation is 2. The second kappa shape index (κ2) is 14.5. The quantitative estimate of drug-likeness (QED) is 0.393. The molecule has 2 aromatic rings. The Labute approximate surface area is 173 Å². The van der Waals surface area contributed by atoms with E-state index < -0.39 is 18.8 Å². The van der Waals surface area contributed by atoms with Gasteiger partial charge in [0.25, 0.3) is 0 Å². The van der Waals surface area contributed by atoms with E-state index in [0.717, 1.165) is 11.1 Å². The third-order valence-electron chi connectivity index (χ3n) is 2.76. The number of rotatable bonds is 5. The molecule has 0 bridgehead atoms. The molecule has 30 heavy (non-hydrogen) atoms. The van der Waals surface area contributed by atoms with Gasteiger partial charge in [-0.2, -0.15) is 17.6 Å². The van der Waals surface area contributed by atoms with E-state index in [-0.39, 0.29) is 11.5 Å². The summed E-state index contributed by atoms with van der Waals surface area (Å²) in [5.41, 5.74) is 1.62. The highest BCUT2D eigenvalue weighted by molar-refractivity contribution is 5.27. The van der Waals surface area contributed by atoms with Crippen LogP contribution in [-0.4, -0.2) is 23.9 Å². The van der Waals surface area contributed by atoms with Crippen LogP contribution in [0.15, 0.2) is 48.5 Å². The second-order valence-electron chi connectivity index (χ2n) is 5.18. The second-order valence-corrected chi connectivity index (χ2v) is 5.18. The predicted octanol–water partition coefficient (Wildman–Crippen LogP) is 7.20. The fraction of sp³-hybridized carbons (Fsp3) is 0.429. The van der Waals surface area contributed by atoms with Gasteiger partial charge in [-0.25, -0.2) is 0 Å². The van der Waals surface area contributed by atoms with Gasteiger partial charge in [-0.3, -0.25) is 0 Å². The van der Waals surface area contributed by atoms with Crippen molar-refractivity contribution in [2.24, 2.45) is 0 Å². The Morgan fingerprint density at radius 1 is 0.733 bits per heavy atom. The van der Waals surface area contributed by atoms with Crippen LogP contribution in [0.4, 0.5) is 26.3 Å². The minimum absolute atomic E-state index is 0.0532. The Morgan fingerprint density at radius 3 is 1.63 bits per heavy atom. The normalized spacial score (nSPS) is 10.5. The molecule has 0 aliphatic carbocycles. The van der Waals surface area contributed by atoms with Gasteiger partial charge in [-0.15, -0.1) is 8.78 Å². The van der Waals surface area contributed by atoms with Crippen molar-refractivity contribution >= 4 is 0 Å². The summed E-state index contributed by atoms with van der Waals surface area (Å²) in [6.07, 6.45) is -12.4. The molecule has 0 amide bonds. The van der Waals surface area contributed by atoms with E-state index in [1.165, 1.54) is 36.4 Å². The molecule has 0 aromatic heterocycles. The number of aliphatic hydroxyl groups is 1. The summed E-state index contributed by atoms with van der Waals surface area (Å²) in [6.45, 7) is 11.5. The zero-order valence-electron chi connectivity index (χ0n) is 17.7. The molecule has 0 saturated carbocycles. The highest BCUT2D eigenvalue weighted by Crippen LogP contribution is 2.27. The summed E-state index contributed by atoms with van der Waals surface area (Å²) in [5, 5.41) is 8.01. The van der Waals surface area contributed by atoms with Crippen LogP contribution < -0.4 is 9.47 Å². The van der Waals surface area contributed by atoms with E-state index in [0.29, 0.717) is 0 Å². The molecule has 2 rings (SSSR count). The van der Waals surface area contributed by atoms with Gasteiger partial charge in [0.1, 0.15) is 11.5 Å². The Morgan fingerprint density at radius 2 is 1.23 bits per heavy atom. The molecule has 0 spiro atoms. The summed E-state index contributed by atoms with van der Waals surface area (Å²) in [7, 11) is 0. The predicted molar refractivity (Wildman–Crippen MR) is 104 cm³/mol. The average Bonchev–Trinajstić information content (AvgIpc) is 2.66. The SMILES string of the molecule is CC.CC.Cc1ccc(OC(F)(F)C(F)F)cc1.Cc1cccc(OC(O)(F)F)c1. The molecule has 172 valence electrons. The van der Waals surface area contributed by atoms with E-state index in [1.807, 2.05) is 27.7 Å². The first kappa shape index (κ1) is 29.8. The summed E-state index contributed by atoms with van der Waals surface area (Å²) in [4.78, 5) is 0. The maximum Gasteiger partial charge on any atom is 0.532 e. The minimum atomic E-state index is -4.44. The van der Waals surface area contributed by atoms with Crippen molar-refractivity contribution in [2.45, 2.75) is 60.4 Å². The molecule has 1 N–H and O–H groups in total. The first-order valence-corrected chi connectivity index (χ1v) is 9.16. The maximum absolute atomic E-state index is 12.4. The van der Waals surface area contributed by atoms with Crippen molar-refractivity contribution in [1.29, 1.82) is 0 Å². The van der Waals surface area contributed by atoms with E-state index in [4.69, 9.17) is 5.11 Å². The Bertz CT molecular complexity index is 686. The number of halogens is 6. The summed E-state index contributed by atoms with van der Waals surface area (Å²) in [5.74, 6) is -0.330. The molecular formula is C21H28F6O3. The van der Waals surface area contributed by atoms with E-state index in [2.05, 4.69) is 9.47 Å². The van der Waals surface area contributed by atoms with Gasteiger partial charge < -0.3 is 14.6 Å². The molecular weight excluding hydrogens is 414 g/mol. The summed E-state index contributed by atoms with van der Waals surface area (Å²) in [6, 6.07) is 11.5. The lowest BCUT2D eigenvalue weighted by Gasteiger charge is -2.16. The number of hydrogen-bond donors (Lipinski definition) is 1. The Hall–Kier alpha value is -2.42. The lowest BCUT2D eigenvalue weighted by atomic mass is 10.2. The maximum atomic E-state index is 12.4. The Kier molecular flexibility index (Phi) is 14.4. The van der Waals surface area contributed by atoms with Crippen molar-refractivity contribution in [3.05, 3.63) is 59.7 Å². The Balaban J connectivity index is 0. The van der Waals surface area contributed by atoms with E-state index in [1.54, 1.807) is 26.0 Å². The fourth-order valence-electron chi connectivity index (χ4n) is 1.63. The largest absolute Gasteiger partial charge is 0.532 e. The summed E-state index contributed by atoms with van der Waals surface area (Å²) >= 11 is 0. The average molecular weight is 442 g/mol. The van der Waals surface area contributed by atoms with Gasteiger partial charge in [0.2, 0.25) is 0 Å². The highest BCUT2D eigenvalue weighted by Gasteiger charge is 2.43. The summed E-state index contributed by atoms with van der Waals surface area (Å²) < 4.78 is 79.6. The number of ether oxygens (including phenoxy) is 2. The highest BCUT2D eigenvalue weighted by atomic mass is 19.3. The molecule has 3 nitrogen and oxygen atoms in total. The van der Waals surface area contributed by atoms with Gasteiger partial charge in [0.15, 0.2) is 0 Å². The molecule has 0 heterocycles. The topological polar surface area (TPSA) is 38.7 Å². The van der Waals surface area contributed by atoms with Crippen LogP contribution in [-0.2, 0) is 0 Å². The van der Waals surface area contributed by atoms with Crippen LogP contribution in [0.3, 0.4) is 0 Å². The van der Waals surface area contributed by atoms with Crippen LogP contribution in [0.1, 0.15) is 38.8 Å². The molecule has 2 aromatic carbocycles. The third kappa shape index (κ3) is 13.7. The molecule has 0 aliphatic heterocycles. The van der Waals surface area contributed by atoms with Crippen LogP contribution >= 0.6 is 0 Å². The lowest BCUT2D eigenvalue weighted by molar-refractivity contribution is -0.327. The number of hydrogen-bond acceptors (Lipinski definition) is 3. The van der Waals surface area contributed by atoms with E-state index >= 15 is 0 Å². The van der Waals surface area contributed by atoms with Crippen molar-refractivity contribution in [2.75, 3.05) is 0 Å². The minimum Gasteiger partial charge on any atom is -0.428 e. The monoisotopic (exact) mass is 442 g/mol. The standard InChI is InChI=1S/C9H8F4O.C8H8F2O2.2C2H6/c1-6-2-4-7(5-3-6)14-9(12,13)8(10)11;1-6-3-2-4-7(5-6)12-8(9,10)11;2*1-2/h2-5,8H,1H3;2-5,11H,1H3;2*1-2H3. The number of alkyl halides is 6. The van der Waals surface area contributed by atoms with Crippen LogP contribution in [0.2, 0.25) is 0 Å². The molecule has 0 fully saturated rings. The zero-order valence-corrected chi connectivity index (χ0v) is 17.7. The van der Waals surface area contributed by atoms with Crippen molar-refractivity contribution < 1.29 is 40.9 Å². The van der Waals surface area contributed by atoms with Crippen molar-refractivity contribution in [3.63, 3.8) is 0 Å². The zero-order chi connectivity index (χ0) is 24.0. The lowest BCUT2D eigenvalue weighted by Crippen LogP contribution is -2.33. The van der Waals surface area contributed by atoms with Gasteiger partial charge >= 0.3 is 18.8 Å². The molecule has 0 unspecified atom stereocenters. The molecule has 0 saturated heterocycles. The first-order valence-electron chi connectivity index (χ1n) is 9.16. The van der Waals surface area contributed by atoms with E-state index in [9.17, 15) is 26.3 Å². The van der Waals surface area contributed by atoms with Crippen molar-refractivity contribution in [1.82, 2.24) is 0 Å². The van der Waals surface area contributed by atoms with Crippen molar-refractivity contribution in [3.8, 4) is 11.5 Å². The smallest absolute Gasteiger partial charge is 0.428 e. The van der Waals surface area contributed by atoms with Crippen LogP contribution in [0.5, 0.6) is 11.5 Å². The molecule has 0 radical (unpaired) electrons. The first-order chi connectivity index (χ1) is 13.9. The van der Waals surface area contributed by atoms with Crippen LogP contribution in [0.25, 0.3) is 0 Å². The molecule has 9 heteroatoms. The fourth-order valence-corrected chi connectivity index (χ4v) is 1.63. The van der Waals surface area contributed by atoms with Gasteiger partial charge in [-0.1, -0.05) is 57.5 Å². The van der Waals surface area contributed by atoms with Gasteiger partial charge in [0, 0.05) is 0 Å². The molecule has 0 aliphatic rings.